The van der Waals surface area contributed by atoms with Crippen LogP contribution in [0.1, 0.15) is 12.5 Å². The van der Waals surface area contributed by atoms with Crippen LogP contribution in [0.5, 0.6) is 0 Å². The zero-order valence-electron chi connectivity index (χ0n) is 12.8. The van der Waals surface area contributed by atoms with Crippen LogP contribution in [0.3, 0.4) is 0 Å². The molecule has 120 valence electrons. The quantitative estimate of drug-likeness (QED) is 0.458. The molecule has 0 aromatic heterocycles. The van der Waals surface area contributed by atoms with Gasteiger partial charge in [-0.25, -0.2) is 0 Å². The maximum absolute atomic E-state index is 10.9. The maximum Gasteiger partial charge on any atom is 0.271 e. The summed E-state index contributed by atoms with van der Waals surface area (Å²) in [6.45, 7) is 2.26. The van der Waals surface area contributed by atoms with Gasteiger partial charge in [-0.2, -0.15) is 5.11 Å². The summed E-state index contributed by atoms with van der Waals surface area (Å²) in [5, 5.41) is 31.0. The van der Waals surface area contributed by atoms with E-state index in [-0.39, 0.29) is 18.8 Å². The van der Waals surface area contributed by atoms with Gasteiger partial charge in [0.15, 0.2) is 0 Å². The molecule has 0 aliphatic carbocycles. The number of nitro benzene ring substituents is 1. The first-order valence-corrected chi connectivity index (χ1v) is 7.28. The molecule has 0 aliphatic rings. The Kier molecular flexibility index (Phi) is 5.76. The summed E-state index contributed by atoms with van der Waals surface area (Å²) in [4.78, 5) is 10.4. The van der Waals surface area contributed by atoms with E-state index >= 15 is 0 Å². The van der Waals surface area contributed by atoms with Crippen molar-refractivity contribution in [3.63, 3.8) is 0 Å². The van der Waals surface area contributed by atoms with Gasteiger partial charge in [-0.15, -0.1) is 5.11 Å². The van der Waals surface area contributed by atoms with Crippen molar-refractivity contribution < 1.29 is 10.0 Å². The van der Waals surface area contributed by atoms with Crippen LogP contribution < -0.4 is 5.32 Å². The molecule has 0 bridgehead atoms. The van der Waals surface area contributed by atoms with Gasteiger partial charge in [0.05, 0.1) is 22.9 Å². The zero-order chi connectivity index (χ0) is 16.7. The van der Waals surface area contributed by atoms with Crippen LogP contribution in [0.4, 0.5) is 22.7 Å². The highest BCUT2D eigenvalue weighted by Gasteiger charge is 2.10. The fraction of sp³-hybridized carbons (Fsp3) is 0.250. The van der Waals surface area contributed by atoms with Crippen molar-refractivity contribution in [1.82, 2.24) is 0 Å². The number of benzene rings is 2. The molecular weight excluding hydrogens is 296 g/mol. The Bertz CT molecular complexity index is 699. The summed E-state index contributed by atoms with van der Waals surface area (Å²) in [5.74, 6) is 0. The second-order valence-corrected chi connectivity index (χ2v) is 4.83. The van der Waals surface area contributed by atoms with E-state index in [1.54, 1.807) is 0 Å². The van der Waals surface area contributed by atoms with E-state index in [2.05, 4.69) is 22.5 Å². The Balaban J connectivity index is 2.25. The van der Waals surface area contributed by atoms with Gasteiger partial charge < -0.3 is 10.4 Å². The normalized spacial score (nSPS) is 10.9. The number of nitrogens with zero attached hydrogens (tertiary/aromatic N) is 3. The number of aliphatic hydroxyl groups is 1. The van der Waals surface area contributed by atoms with Gasteiger partial charge in [0.1, 0.15) is 5.69 Å². The van der Waals surface area contributed by atoms with Crippen molar-refractivity contribution in [1.29, 1.82) is 0 Å². The van der Waals surface area contributed by atoms with Crippen LogP contribution in [0, 0.1) is 10.1 Å². The molecule has 0 heterocycles. The van der Waals surface area contributed by atoms with Gasteiger partial charge in [-0.3, -0.25) is 10.1 Å². The Hall–Kier alpha value is -2.80. The van der Waals surface area contributed by atoms with Gasteiger partial charge in [0, 0.05) is 18.7 Å². The molecule has 0 aliphatic heterocycles. The van der Waals surface area contributed by atoms with E-state index < -0.39 is 4.92 Å². The second-order valence-electron chi connectivity index (χ2n) is 4.83. The van der Waals surface area contributed by atoms with E-state index in [9.17, 15) is 10.1 Å². The first-order valence-electron chi connectivity index (χ1n) is 7.28. The molecule has 0 fully saturated rings. The molecule has 7 nitrogen and oxygen atoms in total. The first kappa shape index (κ1) is 16.6. The molecule has 2 rings (SSSR count). The summed E-state index contributed by atoms with van der Waals surface area (Å²) in [5.41, 5.74) is 2.81. The van der Waals surface area contributed by atoms with Crippen LogP contribution in [0.25, 0.3) is 0 Å². The average Bonchev–Trinajstić information content (AvgIpc) is 2.58. The van der Waals surface area contributed by atoms with Crippen LogP contribution in [0.15, 0.2) is 52.7 Å². The molecular formula is C16H18N4O3. The molecule has 0 saturated heterocycles. The van der Waals surface area contributed by atoms with Crippen molar-refractivity contribution >= 4 is 22.7 Å². The fourth-order valence-corrected chi connectivity index (χ4v) is 1.97. The lowest BCUT2D eigenvalue weighted by Crippen LogP contribution is -2.05. The number of non-ortho nitro benzene ring substituents is 1. The minimum absolute atomic E-state index is 0.0447. The van der Waals surface area contributed by atoms with Crippen LogP contribution in [-0.2, 0) is 6.42 Å². The largest absolute Gasteiger partial charge is 0.395 e. The monoisotopic (exact) mass is 314 g/mol. The van der Waals surface area contributed by atoms with Gasteiger partial charge in [-0.1, -0.05) is 19.1 Å². The smallest absolute Gasteiger partial charge is 0.271 e. The standard InChI is InChI=1S/C16H18N4O3/c1-2-12-3-5-13(6-4-12)18-19-15-8-7-14(20(22)23)11-16(15)17-9-10-21/h3-8,11,17,21H,2,9-10H2,1H3. The lowest BCUT2D eigenvalue weighted by molar-refractivity contribution is -0.384. The Morgan fingerprint density at radius 1 is 1.17 bits per heavy atom. The first-order chi connectivity index (χ1) is 11.1. The number of aryl methyl sites for hydroxylation is 1. The van der Waals surface area contributed by atoms with Crippen molar-refractivity contribution in [3.8, 4) is 0 Å². The molecule has 0 unspecified atom stereocenters. The summed E-state index contributed by atoms with van der Waals surface area (Å²) in [7, 11) is 0. The van der Waals surface area contributed by atoms with Crippen LogP contribution in [-0.4, -0.2) is 23.2 Å². The topological polar surface area (TPSA) is 100 Å². The number of nitrogens with one attached hydrogen (secondary N) is 1. The SMILES string of the molecule is CCc1ccc(N=Nc2ccc([N+](=O)[O-])cc2NCCO)cc1. The molecule has 0 spiro atoms. The summed E-state index contributed by atoms with van der Waals surface area (Å²) >= 11 is 0. The summed E-state index contributed by atoms with van der Waals surface area (Å²) in [6, 6.07) is 12.0. The molecule has 2 aromatic carbocycles. The number of nitro groups is 1. The predicted molar refractivity (Wildman–Crippen MR) is 88.7 cm³/mol. The van der Waals surface area contributed by atoms with E-state index in [1.165, 1.54) is 23.8 Å². The lowest BCUT2D eigenvalue weighted by atomic mass is 10.2. The van der Waals surface area contributed by atoms with Crippen molar-refractivity contribution in [3.05, 3.63) is 58.1 Å². The highest BCUT2D eigenvalue weighted by atomic mass is 16.6. The predicted octanol–water partition coefficient (Wildman–Crippen LogP) is 3.98. The number of hydrogen-bond donors (Lipinski definition) is 2. The Labute approximate surface area is 133 Å². The minimum atomic E-state index is -0.478. The van der Waals surface area contributed by atoms with Crippen LogP contribution >= 0.6 is 0 Å². The lowest BCUT2D eigenvalue weighted by Gasteiger charge is -2.07. The van der Waals surface area contributed by atoms with Crippen molar-refractivity contribution in [2.24, 2.45) is 10.2 Å². The van der Waals surface area contributed by atoms with Crippen LogP contribution in [0.2, 0.25) is 0 Å². The molecule has 7 heteroatoms. The highest BCUT2D eigenvalue weighted by molar-refractivity contribution is 5.69. The Morgan fingerprint density at radius 2 is 1.91 bits per heavy atom. The number of rotatable bonds is 7. The third-order valence-corrected chi connectivity index (χ3v) is 3.24. The van der Waals surface area contributed by atoms with E-state index in [0.717, 1.165) is 6.42 Å². The van der Waals surface area contributed by atoms with Gasteiger partial charge in [0.2, 0.25) is 0 Å². The maximum atomic E-state index is 10.9. The van der Waals surface area contributed by atoms with Gasteiger partial charge in [0.25, 0.3) is 5.69 Å². The molecule has 2 N–H and O–H groups in total. The third kappa shape index (κ3) is 4.58. The number of aliphatic hydroxyl groups excluding tert-OH is 1. The highest BCUT2D eigenvalue weighted by Crippen LogP contribution is 2.30. The Morgan fingerprint density at radius 3 is 2.52 bits per heavy atom. The fourth-order valence-electron chi connectivity index (χ4n) is 1.97. The van der Waals surface area contributed by atoms with E-state index in [4.69, 9.17) is 5.11 Å². The molecule has 23 heavy (non-hydrogen) atoms. The van der Waals surface area contributed by atoms with Crippen molar-refractivity contribution in [2.75, 3.05) is 18.5 Å². The molecule has 2 aromatic rings. The van der Waals surface area contributed by atoms with Gasteiger partial charge >= 0.3 is 0 Å². The number of azo groups is 1. The van der Waals surface area contributed by atoms with Gasteiger partial charge in [-0.05, 0) is 30.2 Å². The molecule has 0 amide bonds. The third-order valence-electron chi connectivity index (χ3n) is 3.24. The molecule has 0 radical (unpaired) electrons. The number of anilines is 1. The summed E-state index contributed by atoms with van der Waals surface area (Å²) < 4.78 is 0. The minimum Gasteiger partial charge on any atom is -0.395 e. The average molecular weight is 314 g/mol. The zero-order valence-corrected chi connectivity index (χ0v) is 12.8. The van der Waals surface area contributed by atoms with E-state index in [1.807, 2.05) is 24.3 Å². The van der Waals surface area contributed by atoms with Crippen molar-refractivity contribution in [2.45, 2.75) is 13.3 Å². The second kappa shape index (κ2) is 8.00. The number of hydrogen-bond acceptors (Lipinski definition) is 6. The van der Waals surface area contributed by atoms with E-state index in [0.29, 0.717) is 17.1 Å². The molecule has 0 atom stereocenters. The summed E-state index contributed by atoms with van der Waals surface area (Å²) in [6.07, 6.45) is 0.953. The molecule has 0 saturated carbocycles.